The Morgan fingerprint density at radius 2 is 2.08 bits per heavy atom. The summed E-state index contributed by atoms with van der Waals surface area (Å²) in [5.74, 6) is -0.426. The number of carbonyl (C=O) groups is 2. The molecule has 2 rings (SSSR count). The van der Waals surface area contributed by atoms with E-state index in [1.165, 1.54) is 12.3 Å². The molecule has 0 amide bonds. The highest BCUT2D eigenvalue weighted by molar-refractivity contribution is 9.12. The van der Waals surface area contributed by atoms with E-state index in [2.05, 4.69) is 20.9 Å². The van der Waals surface area contributed by atoms with Crippen LogP contribution in [-0.4, -0.2) is 16.6 Å². The molecule has 64 valence electrons. The van der Waals surface area contributed by atoms with E-state index in [0.29, 0.717) is 5.56 Å². The summed E-state index contributed by atoms with van der Waals surface area (Å²) in [5, 5.41) is 0. The van der Waals surface area contributed by atoms with Crippen molar-refractivity contribution in [2.24, 2.45) is 0 Å². The lowest BCUT2D eigenvalue weighted by molar-refractivity contribution is 0.0988. The molecule has 0 saturated carbocycles. The van der Waals surface area contributed by atoms with E-state index in [-0.39, 0.29) is 21.7 Å². The van der Waals surface area contributed by atoms with Gasteiger partial charge in [0.1, 0.15) is 5.69 Å². The number of rotatable bonds is 0. The molecule has 13 heavy (non-hydrogen) atoms. The highest BCUT2D eigenvalue weighted by atomic mass is 79.9. The van der Waals surface area contributed by atoms with Crippen LogP contribution in [0.25, 0.3) is 0 Å². The number of ketones is 2. The number of pyridine rings is 1. The van der Waals surface area contributed by atoms with Crippen LogP contribution in [0.5, 0.6) is 0 Å². The third-order valence-corrected chi connectivity index (χ3v) is 2.35. The second-order valence-electron chi connectivity index (χ2n) is 2.59. The van der Waals surface area contributed by atoms with Gasteiger partial charge in [-0.1, -0.05) is 0 Å². The highest BCUT2D eigenvalue weighted by Crippen LogP contribution is 2.22. The molecule has 0 spiro atoms. The molecule has 1 aromatic rings. The maximum atomic E-state index is 11.4. The van der Waals surface area contributed by atoms with Crippen LogP contribution < -0.4 is 0 Å². The van der Waals surface area contributed by atoms with Crippen molar-refractivity contribution in [3.63, 3.8) is 0 Å². The highest BCUT2D eigenvalue weighted by Gasteiger charge is 2.24. The van der Waals surface area contributed by atoms with Crippen LogP contribution in [-0.2, 0) is 0 Å². The fourth-order valence-corrected chi connectivity index (χ4v) is 1.55. The van der Waals surface area contributed by atoms with Crippen molar-refractivity contribution in [3.8, 4) is 0 Å². The Hall–Kier alpha value is -1.29. The number of Topliss-reactive ketones (excluding diaryl/α,β-unsaturated/α-hetero) is 1. The number of halogens is 1. The molecule has 0 N–H and O–H groups in total. The Morgan fingerprint density at radius 3 is 2.85 bits per heavy atom. The second-order valence-corrected chi connectivity index (χ2v) is 3.44. The molecule has 1 aromatic heterocycles. The fourth-order valence-electron chi connectivity index (χ4n) is 1.16. The molecule has 0 radical (unpaired) electrons. The average molecular weight is 238 g/mol. The van der Waals surface area contributed by atoms with Crippen LogP contribution >= 0.6 is 15.9 Å². The summed E-state index contributed by atoms with van der Waals surface area (Å²) in [7, 11) is 0. The van der Waals surface area contributed by atoms with Crippen LogP contribution in [0.1, 0.15) is 20.8 Å². The Bertz CT molecular complexity index is 437. The predicted molar refractivity (Wildman–Crippen MR) is 49.9 cm³/mol. The number of hydrogen-bond acceptors (Lipinski definition) is 3. The first-order chi connectivity index (χ1) is 6.20. The van der Waals surface area contributed by atoms with E-state index in [1.54, 1.807) is 12.1 Å². The van der Waals surface area contributed by atoms with E-state index in [1.807, 2.05) is 0 Å². The summed E-state index contributed by atoms with van der Waals surface area (Å²) in [6.07, 6.45) is 2.77. The molecule has 3 nitrogen and oxygen atoms in total. The van der Waals surface area contributed by atoms with E-state index < -0.39 is 0 Å². The number of aromatic nitrogens is 1. The van der Waals surface area contributed by atoms with E-state index in [0.717, 1.165) is 0 Å². The molecule has 1 aliphatic carbocycles. The zero-order valence-corrected chi connectivity index (χ0v) is 8.04. The summed E-state index contributed by atoms with van der Waals surface area (Å²) in [4.78, 5) is 26.6. The van der Waals surface area contributed by atoms with Crippen molar-refractivity contribution in [1.29, 1.82) is 0 Å². The van der Waals surface area contributed by atoms with Gasteiger partial charge in [0.25, 0.3) is 0 Å². The number of nitrogens with zero attached hydrogens (tertiary/aromatic N) is 1. The molecule has 0 saturated heterocycles. The zero-order valence-electron chi connectivity index (χ0n) is 6.45. The molecule has 1 aliphatic rings. The van der Waals surface area contributed by atoms with Gasteiger partial charge < -0.3 is 0 Å². The first kappa shape index (κ1) is 8.31. The number of carbonyl (C=O) groups excluding carboxylic acids is 2. The minimum absolute atomic E-state index is 0.186. The van der Waals surface area contributed by atoms with Gasteiger partial charge in [-0.25, -0.2) is 0 Å². The third kappa shape index (κ3) is 1.23. The summed E-state index contributed by atoms with van der Waals surface area (Å²) in [6, 6.07) is 3.23. The lowest BCUT2D eigenvalue weighted by Crippen LogP contribution is -2.15. The molecular formula is C9H4BrNO2. The smallest absolute Gasteiger partial charge is 0.219 e. The third-order valence-electron chi connectivity index (χ3n) is 1.76. The van der Waals surface area contributed by atoms with Crippen molar-refractivity contribution in [2.45, 2.75) is 0 Å². The monoisotopic (exact) mass is 237 g/mol. The van der Waals surface area contributed by atoms with Crippen LogP contribution in [0, 0.1) is 0 Å². The first-order valence-corrected chi connectivity index (χ1v) is 4.40. The van der Waals surface area contributed by atoms with Gasteiger partial charge in [-0.3, -0.25) is 14.6 Å². The van der Waals surface area contributed by atoms with Crippen molar-refractivity contribution in [1.82, 2.24) is 4.98 Å². The van der Waals surface area contributed by atoms with Gasteiger partial charge in [0.2, 0.25) is 5.78 Å². The minimum Gasteiger partial charge on any atom is -0.289 e. The van der Waals surface area contributed by atoms with Crippen molar-refractivity contribution >= 4 is 27.5 Å². The Kier molecular flexibility index (Phi) is 1.84. The molecule has 0 unspecified atom stereocenters. The first-order valence-electron chi connectivity index (χ1n) is 3.61. The standard InChI is InChI=1S/C9H4BrNO2/c10-6-4-7(12)5-2-1-3-11-8(5)9(6)13/h1-4H. The van der Waals surface area contributed by atoms with E-state index in [4.69, 9.17) is 0 Å². The normalized spacial score (nSPS) is 15.3. The summed E-state index contributed by atoms with van der Waals surface area (Å²) in [5.41, 5.74) is 0.595. The Morgan fingerprint density at radius 1 is 1.31 bits per heavy atom. The molecule has 0 aliphatic heterocycles. The fraction of sp³-hybridized carbons (Fsp3) is 0. The topological polar surface area (TPSA) is 47.0 Å². The van der Waals surface area contributed by atoms with Crippen LogP contribution in [0.2, 0.25) is 0 Å². The van der Waals surface area contributed by atoms with Gasteiger partial charge in [-0.15, -0.1) is 0 Å². The molecule has 0 atom stereocenters. The van der Waals surface area contributed by atoms with Gasteiger partial charge >= 0.3 is 0 Å². The van der Waals surface area contributed by atoms with Gasteiger partial charge in [0.15, 0.2) is 5.78 Å². The number of hydrogen-bond donors (Lipinski definition) is 0. The summed E-state index contributed by atoms with van der Waals surface area (Å²) < 4.78 is 0.267. The number of fused-ring (bicyclic) bond motifs is 1. The van der Waals surface area contributed by atoms with Crippen LogP contribution in [0.3, 0.4) is 0 Å². The van der Waals surface area contributed by atoms with E-state index in [9.17, 15) is 9.59 Å². The molecule has 0 bridgehead atoms. The Balaban J connectivity index is 2.69. The van der Waals surface area contributed by atoms with Crippen molar-refractivity contribution in [3.05, 3.63) is 40.1 Å². The minimum atomic E-state index is -0.241. The zero-order chi connectivity index (χ0) is 9.42. The lowest BCUT2D eigenvalue weighted by Gasteiger charge is -2.08. The van der Waals surface area contributed by atoms with Gasteiger partial charge in [-0.2, -0.15) is 0 Å². The van der Waals surface area contributed by atoms with Crippen molar-refractivity contribution < 1.29 is 9.59 Å². The summed E-state index contributed by atoms with van der Waals surface area (Å²) in [6.45, 7) is 0. The second kappa shape index (κ2) is 2.88. The maximum Gasteiger partial charge on any atom is 0.219 e. The summed E-state index contributed by atoms with van der Waals surface area (Å²) >= 11 is 3.01. The lowest BCUT2D eigenvalue weighted by atomic mass is 10.0. The van der Waals surface area contributed by atoms with E-state index >= 15 is 0 Å². The quantitative estimate of drug-likeness (QED) is 0.691. The SMILES string of the molecule is O=C1C=C(Br)C(=O)c2ncccc21. The Labute approximate surface area is 82.6 Å². The maximum absolute atomic E-state index is 11.4. The molecule has 0 fully saturated rings. The number of allylic oxidation sites excluding steroid dienone is 2. The molecule has 1 heterocycles. The molecule has 0 aromatic carbocycles. The largest absolute Gasteiger partial charge is 0.289 e. The van der Waals surface area contributed by atoms with Crippen LogP contribution in [0.4, 0.5) is 0 Å². The average Bonchev–Trinajstić information content (AvgIpc) is 2.15. The van der Waals surface area contributed by atoms with Gasteiger partial charge in [0.05, 0.1) is 10.0 Å². The predicted octanol–water partition coefficient (Wildman–Crippen LogP) is 1.74. The van der Waals surface area contributed by atoms with Crippen molar-refractivity contribution in [2.75, 3.05) is 0 Å². The van der Waals surface area contributed by atoms with Gasteiger partial charge in [-0.05, 0) is 28.1 Å². The van der Waals surface area contributed by atoms with Gasteiger partial charge in [0, 0.05) is 12.3 Å². The molecular weight excluding hydrogens is 234 g/mol. The van der Waals surface area contributed by atoms with Crippen LogP contribution in [0.15, 0.2) is 28.9 Å². The molecule has 4 heteroatoms.